The van der Waals surface area contributed by atoms with Gasteiger partial charge in [-0.2, -0.15) is 23.4 Å². The zero-order chi connectivity index (χ0) is 25.7. The van der Waals surface area contributed by atoms with Crippen LogP contribution in [0.2, 0.25) is 0 Å². The van der Waals surface area contributed by atoms with Crippen LogP contribution in [0.15, 0.2) is 48.9 Å². The van der Waals surface area contributed by atoms with Crippen molar-refractivity contribution >= 4 is 11.0 Å². The molecule has 1 aliphatic rings. The molecule has 0 radical (unpaired) electrons. The summed E-state index contributed by atoms with van der Waals surface area (Å²) in [5.41, 5.74) is 4.60. The Bertz CT molecular complexity index is 1600. The predicted molar refractivity (Wildman–Crippen MR) is 127 cm³/mol. The summed E-state index contributed by atoms with van der Waals surface area (Å²) in [6.45, 7) is 2.02. The normalized spacial score (nSPS) is 13.9. The maximum Gasteiger partial charge on any atom is 0.435 e. The summed E-state index contributed by atoms with van der Waals surface area (Å²) in [4.78, 5) is 8.75. The first-order chi connectivity index (χ1) is 17.8. The predicted octanol–water partition coefficient (Wildman–Crippen LogP) is 4.73. The molecule has 0 bridgehead atoms. The topological polar surface area (TPSA) is 96.4 Å². The van der Waals surface area contributed by atoms with Gasteiger partial charge in [-0.25, -0.2) is 14.6 Å². The quantitative estimate of drug-likeness (QED) is 0.329. The fourth-order valence-corrected chi connectivity index (χ4v) is 4.36. The standard InChI is InChI=1S/C25H21F3N8O/c1-14-9-21(25(26,27)28)34-36(14)17-7-3-15(4-8-17)12-35-20-10-18(32-33-19(20)11-31-35)22-23(16-5-6-16)29-13-30-24(22)37-2/h3-4,7-11,13,16H,5-6,12H2,1-2H3. The van der Waals surface area contributed by atoms with E-state index in [0.29, 0.717) is 40.9 Å². The summed E-state index contributed by atoms with van der Waals surface area (Å²) in [7, 11) is 1.57. The molecule has 4 heterocycles. The van der Waals surface area contributed by atoms with Gasteiger partial charge in [-0.15, -0.1) is 10.2 Å². The molecule has 5 aromatic rings. The van der Waals surface area contributed by atoms with Gasteiger partial charge in [0.15, 0.2) is 5.69 Å². The van der Waals surface area contributed by atoms with Crippen LogP contribution in [-0.2, 0) is 12.7 Å². The van der Waals surface area contributed by atoms with Gasteiger partial charge in [0.25, 0.3) is 0 Å². The van der Waals surface area contributed by atoms with Gasteiger partial charge < -0.3 is 4.74 Å². The molecule has 6 rings (SSSR count). The lowest BCUT2D eigenvalue weighted by Crippen LogP contribution is -2.07. The smallest absolute Gasteiger partial charge is 0.435 e. The number of hydrogen-bond donors (Lipinski definition) is 0. The van der Waals surface area contributed by atoms with Crippen molar-refractivity contribution in [2.24, 2.45) is 0 Å². The van der Waals surface area contributed by atoms with Crippen LogP contribution < -0.4 is 4.74 Å². The van der Waals surface area contributed by atoms with Gasteiger partial charge in [0, 0.05) is 11.6 Å². The minimum atomic E-state index is -4.49. The number of methoxy groups -OCH3 is 1. The lowest BCUT2D eigenvalue weighted by molar-refractivity contribution is -0.141. The first kappa shape index (κ1) is 23.1. The molecule has 1 aromatic carbocycles. The van der Waals surface area contributed by atoms with Gasteiger partial charge >= 0.3 is 6.18 Å². The van der Waals surface area contributed by atoms with E-state index < -0.39 is 11.9 Å². The van der Waals surface area contributed by atoms with Gasteiger partial charge in [-0.1, -0.05) is 12.1 Å². The first-order valence-corrected chi connectivity index (χ1v) is 11.6. The molecule has 37 heavy (non-hydrogen) atoms. The molecular formula is C25H21F3N8O. The number of nitrogens with zero attached hydrogens (tertiary/aromatic N) is 8. The zero-order valence-electron chi connectivity index (χ0n) is 19.9. The number of aromatic nitrogens is 8. The van der Waals surface area contributed by atoms with Gasteiger partial charge in [0.1, 0.15) is 17.5 Å². The molecule has 0 atom stereocenters. The fraction of sp³-hybridized carbons (Fsp3) is 0.280. The third-order valence-electron chi connectivity index (χ3n) is 6.35. The molecule has 0 saturated heterocycles. The summed E-state index contributed by atoms with van der Waals surface area (Å²) in [6, 6.07) is 10.1. The minimum absolute atomic E-state index is 0.360. The highest BCUT2D eigenvalue weighted by molar-refractivity contribution is 5.80. The summed E-state index contributed by atoms with van der Waals surface area (Å²) >= 11 is 0. The van der Waals surface area contributed by atoms with E-state index in [9.17, 15) is 13.2 Å². The summed E-state index contributed by atoms with van der Waals surface area (Å²) in [5, 5.41) is 16.9. The Morgan fingerprint density at radius 1 is 1.05 bits per heavy atom. The third kappa shape index (κ3) is 4.28. The number of hydrogen-bond acceptors (Lipinski definition) is 7. The maximum atomic E-state index is 13.0. The highest BCUT2D eigenvalue weighted by atomic mass is 19.4. The monoisotopic (exact) mass is 506 g/mol. The molecule has 12 heteroatoms. The molecule has 0 amide bonds. The summed E-state index contributed by atoms with van der Waals surface area (Å²) in [5.74, 6) is 0.813. The molecule has 1 aliphatic carbocycles. The largest absolute Gasteiger partial charge is 0.480 e. The SMILES string of the molecule is COc1ncnc(C2CC2)c1-c1cc2c(cnn2Cc2ccc(-n3nc(C(F)(F)F)cc3C)cc2)nn1. The Balaban J connectivity index is 1.31. The fourth-order valence-electron chi connectivity index (χ4n) is 4.36. The Labute approximate surface area is 209 Å². The van der Waals surface area contributed by atoms with Crippen molar-refractivity contribution in [3.05, 3.63) is 71.6 Å². The number of alkyl halides is 3. The van der Waals surface area contributed by atoms with Crippen molar-refractivity contribution in [2.45, 2.75) is 38.4 Å². The van der Waals surface area contributed by atoms with Crippen LogP contribution in [0.5, 0.6) is 5.88 Å². The zero-order valence-corrected chi connectivity index (χ0v) is 19.9. The van der Waals surface area contributed by atoms with Crippen molar-refractivity contribution in [1.82, 2.24) is 39.7 Å². The van der Waals surface area contributed by atoms with Crippen molar-refractivity contribution in [1.29, 1.82) is 0 Å². The molecule has 9 nitrogen and oxygen atoms in total. The van der Waals surface area contributed by atoms with Crippen molar-refractivity contribution < 1.29 is 17.9 Å². The van der Waals surface area contributed by atoms with E-state index in [1.165, 1.54) is 11.0 Å². The van der Waals surface area contributed by atoms with Crippen LogP contribution >= 0.6 is 0 Å². The van der Waals surface area contributed by atoms with Gasteiger partial charge in [-0.3, -0.25) is 4.68 Å². The third-order valence-corrected chi connectivity index (χ3v) is 6.35. The van der Waals surface area contributed by atoms with Crippen LogP contribution in [0.3, 0.4) is 0 Å². The second-order valence-corrected chi connectivity index (χ2v) is 8.97. The van der Waals surface area contributed by atoms with E-state index in [0.717, 1.165) is 41.2 Å². The minimum Gasteiger partial charge on any atom is -0.480 e. The first-order valence-electron chi connectivity index (χ1n) is 11.6. The van der Waals surface area contributed by atoms with Crippen LogP contribution in [-0.4, -0.2) is 46.8 Å². The molecule has 4 aromatic heterocycles. The number of halogens is 3. The number of ether oxygens (including phenoxy) is 1. The number of rotatable bonds is 6. The highest BCUT2D eigenvalue weighted by Gasteiger charge is 2.34. The average Bonchev–Trinajstić information content (AvgIpc) is 3.55. The Morgan fingerprint density at radius 3 is 2.51 bits per heavy atom. The summed E-state index contributed by atoms with van der Waals surface area (Å²) < 4.78 is 47.7. The van der Waals surface area contributed by atoms with E-state index in [4.69, 9.17) is 4.74 Å². The van der Waals surface area contributed by atoms with E-state index in [2.05, 4.69) is 30.4 Å². The second kappa shape index (κ2) is 8.64. The Hall–Kier alpha value is -4.35. The van der Waals surface area contributed by atoms with Gasteiger partial charge in [0.05, 0.1) is 42.3 Å². The van der Waals surface area contributed by atoms with E-state index in [1.807, 2.05) is 18.2 Å². The van der Waals surface area contributed by atoms with Crippen molar-refractivity contribution in [2.75, 3.05) is 7.11 Å². The molecule has 1 saturated carbocycles. The number of benzene rings is 1. The van der Waals surface area contributed by atoms with Crippen LogP contribution in [0.25, 0.3) is 28.0 Å². The Morgan fingerprint density at radius 2 is 1.84 bits per heavy atom. The van der Waals surface area contributed by atoms with Crippen molar-refractivity contribution in [3.8, 4) is 22.8 Å². The number of aryl methyl sites for hydroxylation is 1. The molecule has 188 valence electrons. The van der Waals surface area contributed by atoms with Gasteiger partial charge in [-0.05, 0) is 49.6 Å². The van der Waals surface area contributed by atoms with Gasteiger partial charge in [0.2, 0.25) is 5.88 Å². The summed E-state index contributed by atoms with van der Waals surface area (Å²) in [6.07, 6.45) is 0.782. The van der Waals surface area contributed by atoms with Crippen LogP contribution in [0.4, 0.5) is 13.2 Å². The van der Waals surface area contributed by atoms with Crippen LogP contribution in [0, 0.1) is 6.92 Å². The molecular weight excluding hydrogens is 485 g/mol. The lowest BCUT2D eigenvalue weighted by Gasteiger charge is -2.11. The van der Waals surface area contributed by atoms with E-state index in [1.54, 1.807) is 37.0 Å². The second-order valence-electron chi connectivity index (χ2n) is 8.97. The van der Waals surface area contributed by atoms with E-state index in [-0.39, 0.29) is 0 Å². The van der Waals surface area contributed by atoms with E-state index >= 15 is 0 Å². The highest BCUT2D eigenvalue weighted by Crippen LogP contribution is 2.45. The average molecular weight is 506 g/mol. The maximum absolute atomic E-state index is 13.0. The lowest BCUT2D eigenvalue weighted by atomic mass is 10.1. The Kier molecular flexibility index (Phi) is 5.39. The molecule has 0 spiro atoms. The van der Waals surface area contributed by atoms with Crippen molar-refractivity contribution in [3.63, 3.8) is 0 Å². The molecule has 0 unspecified atom stereocenters. The molecule has 0 aliphatic heterocycles. The van der Waals surface area contributed by atoms with Crippen LogP contribution in [0.1, 0.15) is 41.4 Å². The molecule has 0 N–H and O–H groups in total. The number of fused-ring (bicyclic) bond motifs is 1. The molecule has 1 fully saturated rings.